The second-order valence-electron chi connectivity index (χ2n) is 4.72. The maximum absolute atomic E-state index is 11.1. The number of halogens is 1. The zero-order chi connectivity index (χ0) is 13.3. The molecular weight excluding hydrogens is 254 g/mol. The molecule has 1 saturated heterocycles. The third kappa shape index (κ3) is 2.57. The maximum Gasteiger partial charge on any atom is 0.294 e. The van der Waals surface area contributed by atoms with E-state index in [2.05, 4.69) is 0 Å². The molecular formula is C12H16ClN3O2. The molecule has 0 amide bonds. The summed E-state index contributed by atoms with van der Waals surface area (Å²) in [5.41, 5.74) is 6.59. The lowest BCUT2D eigenvalue weighted by Gasteiger charge is -2.37. The molecule has 2 rings (SSSR count). The monoisotopic (exact) mass is 269 g/mol. The SMILES string of the molecule is CC1CC(N)CCN1c1ccc(Cl)cc1[N+](=O)[O-]. The molecule has 98 valence electrons. The van der Waals surface area contributed by atoms with Gasteiger partial charge in [0, 0.05) is 29.7 Å². The van der Waals surface area contributed by atoms with Crippen molar-refractivity contribution in [3.63, 3.8) is 0 Å². The molecule has 1 aliphatic heterocycles. The molecule has 6 heteroatoms. The van der Waals surface area contributed by atoms with Crippen LogP contribution in [0.25, 0.3) is 0 Å². The van der Waals surface area contributed by atoms with E-state index in [9.17, 15) is 10.1 Å². The van der Waals surface area contributed by atoms with Crippen molar-refractivity contribution in [3.8, 4) is 0 Å². The molecule has 1 aromatic rings. The Kier molecular flexibility index (Phi) is 3.73. The molecule has 5 nitrogen and oxygen atoms in total. The average molecular weight is 270 g/mol. The van der Waals surface area contributed by atoms with Gasteiger partial charge < -0.3 is 10.6 Å². The molecule has 0 aromatic heterocycles. The Morgan fingerprint density at radius 2 is 2.28 bits per heavy atom. The average Bonchev–Trinajstić information content (AvgIpc) is 2.29. The maximum atomic E-state index is 11.1. The Balaban J connectivity index is 2.35. The summed E-state index contributed by atoms with van der Waals surface area (Å²) in [6.45, 7) is 2.78. The van der Waals surface area contributed by atoms with Crippen LogP contribution in [0.3, 0.4) is 0 Å². The standard InChI is InChI=1S/C12H16ClN3O2/c1-8-6-10(14)4-5-15(8)11-3-2-9(13)7-12(11)16(17)18/h2-3,7-8,10H,4-6,14H2,1H3. The zero-order valence-corrected chi connectivity index (χ0v) is 10.9. The Labute approximate surface area is 111 Å². The largest absolute Gasteiger partial charge is 0.363 e. The number of nitro groups is 1. The van der Waals surface area contributed by atoms with E-state index in [0.717, 1.165) is 19.4 Å². The van der Waals surface area contributed by atoms with E-state index in [1.54, 1.807) is 12.1 Å². The van der Waals surface area contributed by atoms with Crippen molar-refractivity contribution in [2.75, 3.05) is 11.4 Å². The Bertz CT molecular complexity index is 467. The number of rotatable bonds is 2. The molecule has 2 N–H and O–H groups in total. The van der Waals surface area contributed by atoms with Crippen LogP contribution in [0, 0.1) is 10.1 Å². The van der Waals surface area contributed by atoms with Gasteiger partial charge in [0.15, 0.2) is 0 Å². The molecule has 2 unspecified atom stereocenters. The van der Waals surface area contributed by atoms with Crippen molar-refractivity contribution in [1.82, 2.24) is 0 Å². The van der Waals surface area contributed by atoms with Gasteiger partial charge in [-0.25, -0.2) is 0 Å². The smallest absolute Gasteiger partial charge is 0.294 e. The highest BCUT2D eigenvalue weighted by Gasteiger charge is 2.28. The first-order chi connectivity index (χ1) is 8.49. The van der Waals surface area contributed by atoms with Crippen molar-refractivity contribution in [2.45, 2.75) is 31.8 Å². The van der Waals surface area contributed by atoms with E-state index in [-0.39, 0.29) is 22.7 Å². The van der Waals surface area contributed by atoms with Gasteiger partial charge in [-0.3, -0.25) is 10.1 Å². The van der Waals surface area contributed by atoms with E-state index in [1.165, 1.54) is 6.07 Å². The fourth-order valence-corrected chi connectivity index (χ4v) is 2.62. The van der Waals surface area contributed by atoms with Gasteiger partial charge >= 0.3 is 0 Å². The lowest BCUT2D eigenvalue weighted by atomic mass is 9.98. The van der Waals surface area contributed by atoms with Crippen LogP contribution in [0.2, 0.25) is 5.02 Å². The molecule has 0 spiro atoms. The number of hydrogen-bond donors (Lipinski definition) is 1. The highest BCUT2D eigenvalue weighted by atomic mass is 35.5. The quantitative estimate of drug-likeness (QED) is 0.661. The van der Waals surface area contributed by atoms with Crippen LogP contribution in [0.4, 0.5) is 11.4 Å². The van der Waals surface area contributed by atoms with Gasteiger partial charge in [-0.1, -0.05) is 11.6 Å². The third-order valence-corrected chi connectivity index (χ3v) is 3.60. The van der Waals surface area contributed by atoms with Crippen LogP contribution in [-0.4, -0.2) is 23.6 Å². The summed E-state index contributed by atoms with van der Waals surface area (Å²) < 4.78 is 0. The minimum absolute atomic E-state index is 0.0600. The Morgan fingerprint density at radius 3 is 2.89 bits per heavy atom. The summed E-state index contributed by atoms with van der Waals surface area (Å²) in [7, 11) is 0. The minimum atomic E-state index is -0.386. The van der Waals surface area contributed by atoms with Crippen LogP contribution < -0.4 is 10.6 Å². The van der Waals surface area contributed by atoms with E-state index in [0.29, 0.717) is 10.7 Å². The van der Waals surface area contributed by atoms with Crippen LogP contribution >= 0.6 is 11.6 Å². The number of hydrogen-bond acceptors (Lipinski definition) is 4. The van der Waals surface area contributed by atoms with Gasteiger partial charge in [0.05, 0.1) is 4.92 Å². The summed E-state index contributed by atoms with van der Waals surface area (Å²) in [6, 6.07) is 5.19. The molecule has 0 radical (unpaired) electrons. The van der Waals surface area contributed by atoms with E-state index >= 15 is 0 Å². The van der Waals surface area contributed by atoms with Crippen molar-refractivity contribution in [2.24, 2.45) is 5.73 Å². The molecule has 1 aromatic carbocycles. The molecule has 0 bridgehead atoms. The van der Waals surface area contributed by atoms with Crippen molar-refractivity contribution >= 4 is 23.0 Å². The molecule has 18 heavy (non-hydrogen) atoms. The van der Waals surface area contributed by atoms with Crippen LogP contribution in [0.1, 0.15) is 19.8 Å². The lowest BCUT2D eigenvalue weighted by Crippen LogP contribution is -2.45. The zero-order valence-electron chi connectivity index (χ0n) is 10.2. The van der Waals surface area contributed by atoms with Crippen molar-refractivity contribution in [3.05, 3.63) is 33.3 Å². The Hall–Kier alpha value is -1.33. The molecule has 2 atom stereocenters. The summed E-state index contributed by atoms with van der Waals surface area (Å²) in [5.74, 6) is 0. The second kappa shape index (κ2) is 5.12. The Morgan fingerprint density at radius 1 is 1.56 bits per heavy atom. The molecule has 1 fully saturated rings. The van der Waals surface area contributed by atoms with Crippen molar-refractivity contribution < 1.29 is 4.92 Å². The number of nitro benzene ring substituents is 1. The molecule has 1 heterocycles. The van der Waals surface area contributed by atoms with Crippen molar-refractivity contribution in [1.29, 1.82) is 0 Å². The van der Waals surface area contributed by atoms with E-state index < -0.39 is 0 Å². The molecule has 1 aliphatic rings. The van der Waals surface area contributed by atoms with E-state index in [4.69, 9.17) is 17.3 Å². The fourth-order valence-electron chi connectivity index (χ4n) is 2.45. The number of nitrogens with zero attached hydrogens (tertiary/aromatic N) is 2. The summed E-state index contributed by atoms with van der Waals surface area (Å²) >= 11 is 5.82. The number of benzene rings is 1. The summed E-state index contributed by atoms with van der Waals surface area (Å²) in [6.07, 6.45) is 1.70. The second-order valence-corrected chi connectivity index (χ2v) is 5.15. The third-order valence-electron chi connectivity index (χ3n) is 3.36. The first-order valence-electron chi connectivity index (χ1n) is 5.95. The molecule has 0 saturated carbocycles. The lowest BCUT2D eigenvalue weighted by molar-refractivity contribution is -0.384. The topological polar surface area (TPSA) is 72.4 Å². The van der Waals surface area contributed by atoms with Crippen LogP contribution in [0.5, 0.6) is 0 Å². The van der Waals surface area contributed by atoms with Gasteiger partial charge in [0.1, 0.15) is 5.69 Å². The number of anilines is 1. The normalized spacial score (nSPS) is 24.1. The van der Waals surface area contributed by atoms with Gasteiger partial charge in [-0.15, -0.1) is 0 Å². The van der Waals surface area contributed by atoms with Crippen LogP contribution in [0.15, 0.2) is 18.2 Å². The minimum Gasteiger partial charge on any atom is -0.363 e. The first-order valence-corrected chi connectivity index (χ1v) is 6.33. The van der Waals surface area contributed by atoms with Gasteiger partial charge in [-0.05, 0) is 31.9 Å². The molecule has 0 aliphatic carbocycles. The predicted octanol–water partition coefficient (Wildman–Crippen LogP) is 2.56. The predicted molar refractivity (Wildman–Crippen MR) is 72.1 cm³/mol. The number of piperidine rings is 1. The van der Waals surface area contributed by atoms with E-state index in [1.807, 2.05) is 11.8 Å². The van der Waals surface area contributed by atoms with Gasteiger partial charge in [0.25, 0.3) is 5.69 Å². The summed E-state index contributed by atoms with van der Waals surface area (Å²) in [5, 5.41) is 11.5. The summed E-state index contributed by atoms with van der Waals surface area (Å²) in [4.78, 5) is 12.7. The number of nitrogens with two attached hydrogens (primary N) is 1. The van der Waals surface area contributed by atoms with Gasteiger partial charge in [-0.2, -0.15) is 0 Å². The highest BCUT2D eigenvalue weighted by Crippen LogP contribution is 2.34. The van der Waals surface area contributed by atoms with Crippen LogP contribution in [-0.2, 0) is 0 Å². The van der Waals surface area contributed by atoms with Gasteiger partial charge in [0.2, 0.25) is 0 Å². The highest BCUT2D eigenvalue weighted by molar-refractivity contribution is 6.30. The fraction of sp³-hybridized carbons (Fsp3) is 0.500. The first kappa shape index (κ1) is 13.1.